The van der Waals surface area contributed by atoms with Crippen molar-refractivity contribution in [3.05, 3.63) is 35.4 Å². The van der Waals surface area contributed by atoms with Gasteiger partial charge in [0.2, 0.25) is 5.91 Å². The van der Waals surface area contributed by atoms with Crippen LogP contribution >= 0.6 is 0 Å². The molecule has 0 aliphatic carbocycles. The minimum absolute atomic E-state index is 0.0699. The molecule has 0 bridgehead atoms. The van der Waals surface area contributed by atoms with Crippen molar-refractivity contribution in [2.45, 2.75) is 19.4 Å². The fraction of sp³-hybridized carbons (Fsp3) is 0.462. The first-order chi connectivity index (χ1) is 8.47. The number of halogens is 2. The molecule has 2 rings (SSSR count). The quantitative estimate of drug-likeness (QED) is 0.894. The summed E-state index contributed by atoms with van der Waals surface area (Å²) in [5.74, 6) is -1.41. The molecular formula is C13H16F2N2O. The Balaban J connectivity index is 2.05. The van der Waals surface area contributed by atoms with Gasteiger partial charge in [-0.1, -0.05) is 13.0 Å². The summed E-state index contributed by atoms with van der Waals surface area (Å²) in [6, 6.07) is 3.10. The van der Waals surface area contributed by atoms with Gasteiger partial charge in [-0.15, -0.1) is 0 Å². The zero-order valence-electron chi connectivity index (χ0n) is 10.2. The van der Waals surface area contributed by atoms with Crippen LogP contribution in [-0.4, -0.2) is 23.9 Å². The van der Waals surface area contributed by atoms with E-state index in [1.165, 1.54) is 6.07 Å². The summed E-state index contributed by atoms with van der Waals surface area (Å²) in [4.78, 5) is 13.3. The van der Waals surface area contributed by atoms with E-state index in [0.29, 0.717) is 31.0 Å². The Hall–Kier alpha value is -1.49. The van der Waals surface area contributed by atoms with E-state index in [2.05, 4.69) is 0 Å². The van der Waals surface area contributed by atoms with Crippen LogP contribution in [0.5, 0.6) is 0 Å². The number of benzene rings is 1. The molecule has 1 aliphatic heterocycles. The van der Waals surface area contributed by atoms with Gasteiger partial charge < -0.3 is 10.6 Å². The van der Waals surface area contributed by atoms with Crippen LogP contribution in [0.4, 0.5) is 8.78 Å². The molecule has 2 unspecified atom stereocenters. The second kappa shape index (κ2) is 5.02. The van der Waals surface area contributed by atoms with Crippen LogP contribution in [0.3, 0.4) is 0 Å². The third kappa shape index (κ3) is 2.67. The molecule has 2 N–H and O–H groups in total. The fourth-order valence-corrected chi connectivity index (χ4v) is 2.23. The zero-order chi connectivity index (χ0) is 13.3. The highest BCUT2D eigenvalue weighted by atomic mass is 19.2. The van der Waals surface area contributed by atoms with Gasteiger partial charge in [0.05, 0.1) is 0 Å². The minimum atomic E-state index is -0.913. The number of nitrogens with two attached hydrogens (primary N) is 1. The topological polar surface area (TPSA) is 46.3 Å². The summed E-state index contributed by atoms with van der Waals surface area (Å²) in [6.45, 7) is 3.02. The summed E-state index contributed by atoms with van der Waals surface area (Å²) >= 11 is 0. The maximum absolute atomic E-state index is 13.1. The van der Waals surface area contributed by atoms with Crippen LogP contribution in [0.15, 0.2) is 18.2 Å². The Morgan fingerprint density at radius 1 is 1.44 bits per heavy atom. The summed E-state index contributed by atoms with van der Waals surface area (Å²) in [6.07, 6.45) is 0.532. The first-order valence-electron chi connectivity index (χ1n) is 5.95. The van der Waals surface area contributed by atoms with Gasteiger partial charge in [-0.25, -0.2) is 8.78 Å². The van der Waals surface area contributed by atoms with Crippen molar-refractivity contribution in [2.24, 2.45) is 11.7 Å². The first-order valence-corrected chi connectivity index (χ1v) is 5.95. The second-order valence-corrected chi connectivity index (χ2v) is 4.89. The average Bonchev–Trinajstić information content (AvgIpc) is 2.61. The predicted molar refractivity (Wildman–Crippen MR) is 63.6 cm³/mol. The molecule has 18 heavy (non-hydrogen) atoms. The number of carbonyl (C=O) groups excluding carboxylic acids is 1. The number of likely N-dealkylation sites (tertiary alicyclic amines) is 1. The number of amides is 1. The molecule has 0 aromatic heterocycles. The molecule has 1 aromatic rings. The second-order valence-electron chi connectivity index (χ2n) is 4.89. The third-order valence-corrected chi connectivity index (χ3v) is 3.20. The van der Waals surface area contributed by atoms with Crippen LogP contribution in [0.25, 0.3) is 0 Å². The van der Waals surface area contributed by atoms with Crippen molar-refractivity contribution in [2.75, 3.05) is 13.1 Å². The number of hydrogen-bond donors (Lipinski definition) is 1. The van der Waals surface area contributed by atoms with Crippen molar-refractivity contribution in [1.29, 1.82) is 0 Å². The van der Waals surface area contributed by atoms with Gasteiger partial charge in [-0.05, 0) is 23.6 Å². The van der Waals surface area contributed by atoms with Crippen molar-refractivity contribution in [3.63, 3.8) is 0 Å². The minimum Gasteiger partial charge on any atom is -0.341 e. The Morgan fingerprint density at radius 3 is 2.72 bits per heavy atom. The van der Waals surface area contributed by atoms with Crippen molar-refractivity contribution < 1.29 is 13.6 Å². The molecule has 0 saturated carbocycles. The van der Waals surface area contributed by atoms with E-state index < -0.39 is 17.7 Å². The molecule has 1 fully saturated rings. The Kier molecular flexibility index (Phi) is 3.61. The highest BCUT2D eigenvalue weighted by Crippen LogP contribution is 2.21. The van der Waals surface area contributed by atoms with Gasteiger partial charge >= 0.3 is 0 Å². The van der Waals surface area contributed by atoms with Crippen LogP contribution in [-0.2, 0) is 4.79 Å². The van der Waals surface area contributed by atoms with Gasteiger partial charge in [-0.2, -0.15) is 0 Å². The average molecular weight is 254 g/mol. The van der Waals surface area contributed by atoms with E-state index in [0.717, 1.165) is 12.1 Å². The lowest BCUT2D eigenvalue weighted by molar-refractivity contribution is -0.127. The number of carbonyl (C=O) groups is 1. The molecule has 5 heteroatoms. The van der Waals surface area contributed by atoms with Gasteiger partial charge in [0.1, 0.15) is 0 Å². The van der Waals surface area contributed by atoms with E-state index in [-0.39, 0.29) is 5.91 Å². The molecule has 1 heterocycles. The lowest BCUT2D eigenvalue weighted by atomic mass is 10.1. The molecular weight excluding hydrogens is 238 g/mol. The molecule has 1 saturated heterocycles. The molecule has 1 amide bonds. The van der Waals surface area contributed by atoms with Crippen molar-refractivity contribution in [3.8, 4) is 0 Å². The molecule has 2 atom stereocenters. The third-order valence-electron chi connectivity index (χ3n) is 3.20. The maximum atomic E-state index is 13.1. The molecule has 0 radical (unpaired) electrons. The smallest absolute Gasteiger partial charge is 0.222 e. The molecule has 0 spiro atoms. The van der Waals surface area contributed by atoms with Crippen LogP contribution in [0, 0.1) is 17.6 Å². The van der Waals surface area contributed by atoms with E-state index in [1.54, 1.807) is 4.90 Å². The lowest BCUT2D eigenvalue weighted by Crippen LogP contribution is -2.33. The maximum Gasteiger partial charge on any atom is 0.222 e. The Bertz CT molecular complexity index is 464. The van der Waals surface area contributed by atoms with Gasteiger partial charge in [0, 0.05) is 25.6 Å². The molecule has 1 aliphatic rings. The van der Waals surface area contributed by atoms with Crippen LogP contribution < -0.4 is 5.73 Å². The lowest BCUT2D eigenvalue weighted by Gasteiger charge is -2.21. The monoisotopic (exact) mass is 254 g/mol. The molecule has 1 aromatic carbocycles. The summed E-state index contributed by atoms with van der Waals surface area (Å²) < 4.78 is 25.9. The van der Waals surface area contributed by atoms with E-state index >= 15 is 0 Å². The SMILES string of the molecule is CC1CC(=O)N(CC(N)c2ccc(F)c(F)c2)C1. The largest absolute Gasteiger partial charge is 0.341 e. The predicted octanol–water partition coefficient (Wildman–Crippen LogP) is 1.83. The van der Waals surface area contributed by atoms with Gasteiger partial charge in [0.25, 0.3) is 0 Å². The van der Waals surface area contributed by atoms with Crippen LogP contribution in [0.2, 0.25) is 0 Å². The molecule has 98 valence electrons. The highest BCUT2D eigenvalue weighted by Gasteiger charge is 2.27. The highest BCUT2D eigenvalue weighted by molar-refractivity contribution is 5.78. The first kappa shape index (κ1) is 13.0. The number of nitrogens with zero attached hydrogens (tertiary/aromatic N) is 1. The van der Waals surface area contributed by atoms with Crippen LogP contribution in [0.1, 0.15) is 24.9 Å². The van der Waals surface area contributed by atoms with E-state index in [9.17, 15) is 13.6 Å². The van der Waals surface area contributed by atoms with Gasteiger partial charge in [-0.3, -0.25) is 4.79 Å². The number of hydrogen-bond acceptors (Lipinski definition) is 2. The van der Waals surface area contributed by atoms with E-state index in [1.807, 2.05) is 6.92 Å². The molecule has 3 nitrogen and oxygen atoms in total. The summed E-state index contributed by atoms with van der Waals surface area (Å²) in [7, 11) is 0. The number of rotatable bonds is 3. The Labute approximate surface area is 105 Å². The van der Waals surface area contributed by atoms with Crippen molar-refractivity contribution >= 4 is 5.91 Å². The summed E-state index contributed by atoms with van der Waals surface area (Å²) in [5.41, 5.74) is 6.42. The standard InChI is InChI=1S/C13H16F2N2O/c1-8-4-13(18)17(6-8)7-12(16)9-2-3-10(14)11(15)5-9/h2-3,5,8,12H,4,6-7,16H2,1H3. The van der Waals surface area contributed by atoms with Crippen molar-refractivity contribution in [1.82, 2.24) is 4.90 Å². The zero-order valence-corrected chi connectivity index (χ0v) is 10.2. The van der Waals surface area contributed by atoms with E-state index in [4.69, 9.17) is 5.73 Å². The normalized spacial score (nSPS) is 21.4. The summed E-state index contributed by atoms with van der Waals surface area (Å²) in [5, 5.41) is 0. The Morgan fingerprint density at radius 2 is 2.17 bits per heavy atom. The van der Waals surface area contributed by atoms with Gasteiger partial charge in [0.15, 0.2) is 11.6 Å². The fourth-order valence-electron chi connectivity index (χ4n) is 2.23.